The Bertz CT molecular complexity index is 482. The minimum atomic E-state index is -3.58. The zero-order valence-electron chi connectivity index (χ0n) is 9.26. The average molecular weight is 284 g/mol. The number of carbonyl (C=O) groups is 1. The zero-order valence-corrected chi connectivity index (χ0v) is 10.9. The molecule has 7 nitrogen and oxygen atoms in total. The van der Waals surface area contributed by atoms with Crippen LogP contribution >= 0.6 is 0 Å². The Balaban J connectivity index is 2.27. The third-order valence-corrected chi connectivity index (χ3v) is 5.12. The quantitative estimate of drug-likeness (QED) is 0.617. The highest BCUT2D eigenvalue weighted by Crippen LogP contribution is 2.21. The number of primary sulfonamides is 1. The molecule has 1 unspecified atom stereocenters. The molecule has 1 aliphatic rings. The predicted molar refractivity (Wildman–Crippen MR) is 62.4 cm³/mol. The first-order valence-corrected chi connectivity index (χ1v) is 8.69. The van der Waals surface area contributed by atoms with E-state index in [2.05, 4.69) is 5.32 Å². The summed E-state index contributed by atoms with van der Waals surface area (Å²) in [5, 5.41) is 7.16. The molecule has 1 saturated heterocycles. The molecule has 0 aromatic carbocycles. The normalized spacial score (nSPS) is 23.5. The maximum atomic E-state index is 11.4. The van der Waals surface area contributed by atoms with Gasteiger partial charge in [0.2, 0.25) is 15.9 Å². The van der Waals surface area contributed by atoms with Crippen molar-refractivity contribution < 1.29 is 21.6 Å². The van der Waals surface area contributed by atoms with Crippen LogP contribution in [0.5, 0.6) is 0 Å². The lowest BCUT2D eigenvalue weighted by Crippen LogP contribution is -2.32. The van der Waals surface area contributed by atoms with Crippen molar-refractivity contribution in [1.82, 2.24) is 5.32 Å². The molecule has 1 atom stereocenters. The van der Waals surface area contributed by atoms with Gasteiger partial charge in [-0.3, -0.25) is 4.79 Å². The minimum absolute atomic E-state index is 0.0373. The lowest BCUT2D eigenvalue weighted by molar-refractivity contribution is -0.121. The first kappa shape index (κ1) is 14.4. The van der Waals surface area contributed by atoms with Crippen molar-refractivity contribution in [3.05, 3.63) is 0 Å². The highest BCUT2D eigenvalue weighted by molar-refractivity contribution is 7.91. The van der Waals surface area contributed by atoms with Crippen molar-refractivity contribution in [3.63, 3.8) is 0 Å². The second kappa shape index (κ2) is 5.32. The van der Waals surface area contributed by atoms with E-state index in [9.17, 15) is 21.6 Å². The highest BCUT2D eigenvalue weighted by Gasteiger charge is 2.29. The Morgan fingerprint density at radius 2 is 2.06 bits per heavy atom. The van der Waals surface area contributed by atoms with Gasteiger partial charge in [-0.1, -0.05) is 0 Å². The van der Waals surface area contributed by atoms with Crippen LogP contribution in [0.15, 0.2) is 0 Å². The molecule has 1 fully saturated rings. The van der Waals surface area contributed by atoms with E-state index in [-0.39, 0.29) is 42.0 Å². The standard InChI is InChI=1S/C8H16N2O5S2/c9-17(14,15)4-2-10-8(11)5-7-1-3-16(12,13)6-7/h7H,1-6H2,(H,10,11)(H2,9,14,15). The maximum absolute atomic E-state index is 11.4. The molecule has 0 aromatic rings. The third kappa shape index (κ3) is 5.99. The Morgan fingerprint density at radius 3 is 2.53 bits per heavy atom. The van der Waals surface area contributed by atoms with E-state index >= 15 is 0 Å². The van der Waals surface area contributed by atoms with Gasteiger partial charge in [0.15, 0.2) is 9.84 Å². The molecular weight excluding hydrogens is 268 g/mol. The van der Waals surface area contributed by atoms with Gasteiger partial charge in [-0.25, -0.2) is 22.0 Å². The molecule has 0 radical (unpaired) electrons. The number of rotatable bonds is 5. The lowest BCUT2D eigenvalue weighted by atomic mass is 10.1. The van der Waals surface area contributed by atoms with Crippen LogP contribution in [0, 0.1) is 5.92 Å². The number of sulfone groups is 1. The molecular formula is C8H16N2O5S2. The number of carbonyl (C=O) groups excluding carboxylic acids is 1. The second-order valence-corrected chi connectivity index (χ2v) is 8.15. The summed E-state index contributed by atoms with van der Waals surface area (Å²) < 4.78 is 43.5. The Hall–Kier alpha value is -0.670. The summed E-state index contributed by atoms with van der Waals surface area (Å²) in [6, 6.07) is 0. The van der Waals surface area contributed by atoms with Gasteiger partial charge in [0.05, 0.1) is 17.3 Å². The summed E-state index contributed by atoms with van der Waals surface area (Å²) in [6.07, 6.45) is 0.606. The van der Waals surface area contributed by atoms with Crippen molar-refractivity contribution in [3.8, 4) is 0 Å². The summed E-state index contributed by atoms with van der Waals surface area (Å²) in [4.78, 5) is 11.4. The van der Waals surface area contributed by atoms with Crippen LogP contribution in [-0.4, -0.2) is 46.5 Å². The van der Waals surface area contributed by atoms with Crippen molar-refractivity contribution in [2.24, 2.45) is 11.1 Å². The van der Waals surface area contributed by atoms with Gasteiger partial charge in [-0.05, 0) is 12.3 Å². The van der Waals surface area contributed by atoms with E-state index in [1.807, 2.05) is 0 Å². The van der Waals surface area contributed by atoms with E-state index in [4.69, 9.17) is 5.14 Å². The molecule has 0 saturated carbocycles. The van der Waals surface area contributed by atoms with Crippen molar-refractivity contribution in [2.45, 2.75) is 12.8 Å². The van der Waals surface area contributed by atoms with E-state index in [0.717, 1.165) is 0 Å². The van der Waals surface area contributed by atoms with Gasteiger partial charge in [0, 0.05) is 13.0 Å². The maximum Gasteiger partial charge on any atom is 0.220 e. The Kier molecular flexibility index (Phi) is 4.50. The monoisotopic (exact) mass is 284 g/mol. The first-order chi connectivity index (χ1) is 7.68. The van der Waals surface area contributed by atoms with E-state index in [0.29, 0.717) is 6.42 Å². The van der Waals surface area contributed by atoms with Gasteiger partial charge in [-0.2, -0.15) is 0 Å². The molecule has 0 spiro atoms. The molecule has 0 aliphatic carbocycles. The molecule has 1 amide bonds. The minimum Gasteiger partial charge on any atom is -0.355 e. The fourth-order valence-electron chi connectivity index (χ4n) is 1.70. The van der Waals surface area contributed by atoms with Crippen LogP contribution in [-0.2, 0) is 24.7 Å². The number of hydrogen-bond donors (Lipinski definition) is 2. The highest BCUT2D eigenvalue weighted by atomic mass is 32.2. The first-order valence-electron chi connectivity index (χ1n) is 5.15. The van der Waals surface area contributed by atoms with Gasteiger partial charge in [-0.15, -0.1) is 0 Å². The zero-order chi connectivity index (χ0) is 13.1. The van der Waals surface area contributed by atoms with Crippen molar-refractivity contribution in [2.75, 3.05) is 23.8 Å². The molecule has 1 rings (SSSR count). The molecule has 1 heterocycles. The molecule has 0 bridgehead atoms. The average Bonchev–Trinajstić information content (AvgIpc) is 2.42. The van der Waals surface area contributed by atoms with Crippen LogP contribution in [0.25, 0.3) is 0 Å². The Labute approximate surface area is 101 Å². The largest absolute Gasteiger partial charge is 0.355 e. The fourth-order valence-corrected chi connectivity index (χ4v) is 3.95. The molecule has 1 aliphatic heterocycles. The van der Waals surface area contributed by atoms with Crippen LogP contribution < -0.4 is 10.5 Å². The fraction of sp³-hybridized carbons (Fsp3) is 0.875. The smallest absolute Gasteiger partial charge is 0.220 e. The predicted octanol–water partition coefficient (Wildman–Crippen LogP) is -1.78. The van der Waals surface area contributed by atoms with Gasteiger partial charge in [0.1, 0.15) is 0 Å². The van der Waals surface area contributed by atoms with Crippen LogP contribution in [0.2, 0.25) is 0 Å². The van der Waals surface area contributed by atoms with Gasteiger partial charge < -0.3 is 5.32 Å². The number of nitrogens with two attached hydrogens (primary N) is 1. The van der Waals surface area contributed by atoms with Crippen LogP contribution in [0.3, 0.4) is 0 Å². The topological polar surface area (TPSA) is 123 Å². The number of nitrogens with one attached hydrogen (secondary N) is 1. The number of amides is 1. The van der Waals surface area contributed by atoms with Crippen molar-refractivity contribution >= 4 is 25.8 Å². The summed E-state index contributed by atoms with van der Waals surface area (Å²) in [5.74, 6) is -0.648. The van der Waals surface area contributed by atoms with Crippen LogP contribution in [0.1, 0.15) is 12.8 Å². The summed E-state index contributed by atoms with van der Waals surface area (Å²) >= 11 is 0. The van der Waals surface area contributed by atoms with Gasteiger partial charge >= 0.3 is 0 Å². The van der Waals surface area contributed by atoms with Crippen LogP contribution in [0.4, 0.5) is 0 Å². The molecule has 9 heteroatoms. The SMILES string of the molecule is NS(=O)(=O)CCNC(=O)CC1CCS(=O)(=O)C1. The lowest BCUT2D eigenvalue weighted by Gasteiger charge is -2.07. The number of hydrogen-bond acceptors (Lipinski definition) is 5. The summed E-state index contributed by atoms with van der Waals surface area (Å²) in [7, 11) is -6.56. The molecule has 100 valence electrons. The van der Waals surface area contributed by atoms with E-state index in [1.54, 1.807) is 0 Å². The second-order valence-electron chi connectivity index (χ2n) is 4.19. The van der Waals surface area contributed by atoms with E-state index < -0.39 is 19.9 Å². The summed E-state index contributed by atoms with van der Waals surface area (Å²) in [6.45, 7) is -0.0445. The van der Waals surface area contributed by atoms with Gasteiger partial charge in [0.25, 0.3) is 0 Å². The molecule has 17 heavy (non-hydrogen) atoms. The molecule has 0 aromatic heterocycles. The third-order valence-electron chi connectivity index (χ3n) is 2.51. The van der Waals surface area contributed by atoms with E-state index in [1.165, 1.54) is 0 Å². The number of sulfonamides is 1. The summed E-state index contributed by atoms with van der Waals surface area (Å²) in [5.41, 5.74) is 0. The van der Waals surface area contributed by atoms with Crippen molar-refractivity contribution in [1.29, 1.82) is 0 Å². The molecule has 3 N–H and O–H groups in total. The Morgan fingerprint density at radius 1 is 1.41 bits per heavy atom.